The van der Waals surface area contributed by atoms with Crippen LogP contribution in [0.1, 0.15) is 12.5 Å². The molecule has 7 nitrogen and oxygen atoms in total. The highest BCUT2D eigenvalue weighted by atomic mass is 32.2. The molecule has 2 aromatic rings. The van der Waals surface area contributed by atoms with E-state index in [0.717, 1.165) is 21.9 Å². The first kappa shape index (κ1) is 20.6. The molecule has 0 radical (unpaired) electrons. The van der Waals surface area contributed by atoms with Gasteiger partial charge in [-0.05, 0) is 36.8 Å². The monoisotopic (exact) mass is 392 g/mol. The highest BCUT2D eigenvalue weighted by Gasteiger charge is 2.29. The van der Waals surface area contributed by atoms with Crippen LogP contribution in [0.5, 0.6) is 11.5 Å². The van der Waals surface area contributed by atoms with Gasteiger partial charge in [-0.3, -0.25) is 9.10 Å². The molecule has 0 spiro atoms. The third-order valence-corrected chi connectivity index (χ3v) is 5.26. The standard InChI is InChI=1S/C19H24N2O5S/c1-14(19(22)20-13-15-8-10-17(25-2)11-9-15)21(27(4,23)24)16-6-5-7-18(12-16)26-3/h5-12,14H,13H2,1-4H3,(H,20,22). The van der Waals surface area contributed by atoms with E-state index in [1.807, 2.05) is 12.1 Å². The van der Waals surface area contributed by atoms with Crippen LogP contribution in [0.3, 0.4) is 0 Å². The third kappa shape index (κ3) is 5.37. The lowest BCUT2D eigenvalue weighted by Crippen LogP contribution is -2.47. The largest absolute Gasteiger partial charge is 0.497 e. The van der Waals surface area contributed by atoms with Gasteiger partial charge in [-0.1, -0.05) is 18.2 Å². The van der Waals surface area contributed by atoms with Crippen LogP contribution in [0.4, 0.5) is 5.69 Å². The minimum Gasteiger partial charge on any atom is -0.497 e. The lowest BCUT2D eigenvalue weighted by atomic mass is 10.2. The van der Waals surface area contributed by atoms with Crippen LogP contribution in [-0.2, 0) is 21.4 Å². The number of benzene rings is 2. The topological polar surface area (TPSA) is 84.9 Å². The van der Waals surface area contributed by atoms with Crippen LogP contribution in [0.2, 0.25) is 0 Å². The van der Waals surface area contributed by atoms with Crippen molar-refractivity contribution in [2.24, 2.45) is 0 Å². The summed E-state index contributed by atoms with van der Waals surface area (Å²) in [7, 11) is -0.604. The summed E-state index contributed by atoms with van der Waals surface area (Å²) in [6, 6.07) is 12.9. The summed E-state index contributed by atoms with van der Waals surface area (Å²) in [5.74, 6) is 0.825. The van der Waals surface area contributed by atoms with E-state index in [1.54, 1.807) is 50.4 Å². The first-order chi connectivity index (χ1) is 12.8. The fraction of sp³-hybridized carbons (Fsp3) is 0.316. The molecule has 146 valence electrons. The Morgan fingerprint density at radius 2 is 1.70 bits per heavy atom. The summed E-state index contributed by atoms with van der Waals surface area (Å²) < 4.78 is 36.0. The maximum atomic E-state index is 12.6. The van der Waals surface area contributed by atoms with E-state index < -0.39 is 22.0 Å². The number of nitrogens with one attached hydrogen (secondary N) is 1. The molecule has 2 rings (SSSR count). The van der Waals surface area contributed by atoms with Crippen molar-refractivity contribution in [2.45, 2.75) is 19.5 Å². The fourth-order valence-electron chi connectivity index (χ4n) is 2.64. The molecule has 0 aromatic heterocycles. The molecule has 2 aromatic carbocycles. The maximum Gasteiger partial charge on any atom is 0.243 e. The summed E-state index contributed by atoms with van der Waals surface area (Å²) in [6.07, 6.45) is 1.07. The number of sulfonamides is 1. The van der Waals surface area contributed by atoms with Gasteiger partial charge in [0, 0.05) is 12.6 Å². The number of hydrogen-bond acceptors (Lipinski definition) is 5. The second-order valence-electron chi connectivity index (χ2n) is 6.00. The van der Waals surface area contributed by atoms with Crippen molar-refractivity contribution in [1.29, 1.82) is 0 Å². The lowest BCUT2D eigenvalue weighted by molar-refractivity contribution is -0.122. The lowest BCUT2D eigenvalue weighted by Gasteiger charge is -2.28. The number of amides is 1. The first-order valence-corrected chi connectivity index (χ1v) is 10.1. The smallest absolute Gasteiger partial charge is 0.243 e. The summed E-state index contributed by atoms with van der Waals surface area (Å²) in [4.78, 5) is 12.6. The Hall–Kier alpha value is -2.74. The minimum absolute atomic E-state index is 0.281. The van der Waals surface area contributed by atoms with Crippen LogP contribution >= 0.6 is 0 Å². The Morgan fingerprint density at radius 1 is 1.07 bits per heavy atom. The zero-order valence-corrected chi connectivity index (χ0v) is 16.6. The minimum atomic E-state index is -3.68. The van der Waals surface area contributed by atoms with E-state index in [2.05, 4.69) is 5.32 Å². The highest BCUT2D eigenvalue weighted by molar-refractivity contribution is 7.92. The van der Waals surface area contributed by atoms with E-state index in [-0.39, 0.29) is 6.54 Å². The van der Waals surface area contributed by atoms with Crippen molar-refractivity contribution < 1.29 is 22.7 Å². The average molecular weight is 392 g/mol. The molecule has 27 heavy (non-hydrogen) atoms. The van der Waals surface area contributed by atoms with Crippen molar-refractivity contribution in [2.75, 3.05) is 24.8 Å². The highest BCUT2D eigenvalue weighted by Crippen LogP contribution is 2.25. The first-order valence-electron chi connectivity index (χ1n) is 8.30. The summed E-state index contributed by atoms with van der Waals surface area (Å²) in [5.41, 5.74) is 1.24. The van der Waals surface area contributed by atoms with Gasteiger partial charge in [-0.25, -0.2) is 8.42 Å². The second kappa shape index (κ2) is 8.77. The van der Waals surface area contributed by atoms with E-state index in [9.17, 15) is 13.2 Å². The number of nitrogens with zero attached hydrogens (tertiary/aromatic N) is 1. The van der Waals surface area contributed by atoms with Gasteiger partial charge in [0.1, 0.15) is 17.5 Å². The van der Waals surface area contributed by atoms with Gasteiger partial charge in [0.25, 0.3) is 0 Å². The Kier molecular flexibility index (Phi) is 6.68. The fourth-order valence-corrected chi connectivity index (χ4v) is 3.80. The van der Waals surface area contributed by atoms with E-state index in [0.29, 0.717) is 11.4 Å². The van der Waals surface area contributed by atoms with Gasteiger partial charge >= 0.3 is 0 Å². The molecule has 1 N–H and O–H groups in total. The van der Waals surface area contributed by atoms with Gasteiger partial charge in [0.05, 0.1) is 26.2 Å². The van der Waals surface area contributed by atoms with Crippen molar-refractivity contribution in [3.63, 3.8) is 0 Å². The quantitative estimate of drug-likeness (QED) is 0.744. The number of hydrogen-bond donors (Lipinski definition) is 1. The van der Waals surface area contributed by atoms with Crippen LogP contribution < -0.4 is 19.1 Å². The zero-order valence-electron chi connectivity index (χ0n) is 15.8. The number of carbonyl (C=O) groups is 1. The predicted octanol–water partition coefficient (Wildman–Crippen LogP) is 2.17. The van der Waals surface area contributed by atoms with Crippen molar-refractivity contribution in [3.8, 4) is 11.5 Å². The SMILES string of the molecule is COc1ccc(CNC(=O)C(C)N(c2cccc(OC)c2)S(C)(=O)=O)cc1. The summed E-state index contributed by atoms with van der Waals surface area (Å²) in [6.45, 7) is 1.83. The second-order valence-corrected chi connectivity index (χ2v) is 7.86. The van der Waals surface area contributed by atoms with Crippen molar-refractivity contribution in [1.82, 2.24) is 5.32 Å². The number of carbonyl (C=O) groups excluding carboxylic acids is 1. The molecule has 1 unspecified atom stereocenters. The Morgan fingerprint density at radius 3 is 2.26 bits per heavy atom. The molecule has 0 saturated heterocycles. The van der Waals surface area contributed by atoms with E-state index >= 15 is 0 Å². The normalized spacial score (nSPS) is 12.1. The molecule has 0 aliphatic heterocycles. The van der Waals surface area contributed by atoms with E-state index in [4.69, 9.17) is 9.47 Å². The molecule has 0 bridgehead atoms. The zero-order chi connectivity index (χ0) is 20.0. The number of anilines is 1. The average Bonchev–Trinajstić information content (AvgIpc) is 2.65. The number of methoxy groups -OCH3 is 2. The predicted molar refractivity (Wildman–Crippen MR) is 105 cm³/mol. The van der Waals surface area contributed by atoms with Gasteiger partial charge in [-0.15, -0.1) is 0 Å². The van der Waals surface area contributed by atoms with Crippen LogP contribution in [0.25, 0.3) is 0 Å². The molecule has 8 heteroatoms. The molecule has 1 atom stereocenters. The molecular weight excluding hydrogens is 368 g/mol. The maximum absolute atomic E-state index is 12.6. The molecule has 0 saturated carbocycles. The van der Waals surface area contributed by atoms with Crippen LogP contribution in [0, 0.1) is 0 Å². The molecule has 1 amide bonds. The van der Waals surface area contributed by atoms with Crippen LogP contribution in [-0.4, -0.2) is 40.8 Å². The number of ether oxygens (including phenoxy) is 2. The van der Waals surface area contributed by atoms with Crippen molar-refractivity contribution >= 4 is 21.6 Å². The Bertz CT molecular complexity index is 881. The summed E-state index contributed by atoms with van der Waals surface area (Å²) >= 11 is 0. The Labute approximate surface area is 160 Å². The van der Waals surface area contributed by atoms with Gasteiger partial charge < -0.3 is 14.8 Å². The number of rotatable bonds is 8. The Balaban J connectivity index is 2.16. The molecule has 0 heterocycles. The summed E-state index contributed by atoms with van der Waals surface area (Å²) in [5, 5.41) is 2.77. The molecule has 0 aliphatic rings. The van der Waals surface area contributed by atoms with Crippen molar-refractivity contribution in [3.05, 3.63) is 54.1 Å². The molecule has 0 fully saturated rings. The molecular formula is C19H24N2O5S. The third-order valence-electron chi connectivity index (χ3n) is 4.02. The van der Waals surface area contributed by atoms with Gasteiger partial charge in [0.15, 0.2) is 0 Å². The van der Waals surface area contributed by atoms with Gasteiger partial charge in [-0.2, -0.15) is 0 Å². The van der Waals surface area contributed by atoms with E-state index in [1.165, 1.54) is 7.11 Å². The van der Waals surface area contributed by atoms with Gasteiger partial charge in [0.2, 0.25) is 15.9 Å². The van der Waals surface area contributed by atoms with Crippen LogP contribution in [0.15, 0.2) is 48.5 Å². The molecule has 0 aliphatic carbocycles.